The second kappa shape index (κ2) is 5.37. The highest BCUT2D eigenvalue weighted by molar-refractivity contribution is 9.10. The summed E-state index contributed by atoms with van der Waals surface area (Å²) in [7, 11) is 1.84. The minimum atomic E-state index is -0.251. The first-order chi connectivity index (χ1) is 8.20. The number of nitrogens with one attached hydrogen (secondary N) is 1. The Balaban J connectivity index is 2.25. The average Bonchev–Trinajstić information content (AvgIpc) is 2.72. The monoisotopic (exact) mass is 298 g/mol. The number of benzene rings is 1. The van der Waals surface area contributed by atoms with Crippen LogP contribution in [0.4, 0.5) is 4.39 Å². The quantitative estimate of drug-likeness (QED) is 0.938. The summed E-state index contributed by atoms with van der Waals surface area (Å²) < 4.78 is 15.8. The lowest BCUT2D eigenvalue weighted by Gasteiger charge is -2.07. The molecule has 0 aliphatic heterocycles. The molecule has 0 unspecified atom stereocenters. The Morgan fingerprint density at radius 1 is 1.47 bits per heavy atom. The summed E-state index contributed by atoms with van der Waals surface area (Å²) in [5.74, 6) is 0.571. The molecule has 1 aromatic heterocycles. The zero-order valence-electron chi connectivity index (χ0n) is 9.32. The molecule has 2 rings (SSSR count). The van der Waals surface area contributed by atoms with Crippen molar-refractivity contribution >= 4 is 15.9 Å². The third-order valence-electron chi connectivity index (χ3n) is 2.36. The molecule has 4 nitrogen and oxygen atoms in total. The van der Waals surface area contributed by atoms with Crippen LogP contribution in [0.3, 0.4) is 0 Å². The molecule has 0 bridgehead atoms. The lowest BCUT2D eigenvalue weighted by molar-refractivity contribution is 0.598. The summed E-state index contributed by atoms with van der Waals surface area (Å²) in [6, 6.07) is 4.61. The van der Waals surface area contributed by atoms with E-state index in [1.54, 1.807) is 10.7 Å². The van der Waals surface area contributed by atoms with Crippen molar-refractivity contribution in [3.05, 3.63) is 46.2 Å². The maximum Gasteiger partial charge on any atom is 0.141 e. The molecule has 1 N–H and O–H groups in total. The molecule has 0 aliphatic carbocycles. The van der Waals surface area contributed by atoms with E-state index in [4.69, 9.17) is 0 Å². The van der Waals surface area contributed by atoms with Crippen LogP contribution in [-0.2, 0) is 13.1 Å². The molecule has 0 aliphatic rings. The normalized spacial score (nSPS) is 10.8. The number of aromatic nitrogens is 3. The molecule has 0 amide bonds. The van der Waals surface area contributed by atoms with E-state index in [2.05, 4.69) is 31.3 Å². The van der Waals surface area contributed by atoms with Crippen molar-refractivity contribution < 1.29 is 4.39 Å². The second-order valence-corrected chi connectivity index (χ2v) is 4.45. The third-order valence-corrected chi connectivity index (χ3v) is 3.13. The van der Waals surface area contributed by atoms with Crippen LogP contribution in [-0.4, -0.2) is 21.8 Å². The van der Waals surface area contributed by atoms with Gasteiger partial charge < -0.3 is 5.32 Å². The van der Waals surface area contributed by atoms with Gasteiger partial charge in [-0.25, -0.2) is 14.1 Å². The Labute approximate surface area is 107 Å². The summed E-state index contributed by atoms with van der Waals surface area (Å²) >= 11 is 3.40. The van der Waals surface area contributed by atoms with Crippen LogP contribution in [0.5, 0.6) is 0 Å². The molecule has 1 heterocycles. The van der Waals surface area contributed by atoms with E-state index in [9.17, 15) is 4.39 Å². The van der Waals surface area contributed by atoms with Gasteiger partial charge in [-0.15, -0.1) is 0 Å². The maximum absolute atomic E-state index is 13.1. The lowest BCUT2D eigenvalue weighted by atomic mass is 10.2. The molecule has 0 fully saturated rings. The van der Waals surface area contributed by atoms with Crippen LogP contribution in [0.1, 0.15) is 11.4 Å². The molecule has 2 aromatic rings. The van der Waals surface area contributed by atoms with Crippen molar-refractivity contribution in [3.8, 4) is 0 Å². The molecular formula is C11H12BrFN4. The molecule has 6 heteroatoms. The molecule has 0 saturated carbocycles. The molecular weight excluding hydrogens is 287 g/mol. The number of rotatable bonds is 4. The van der Waals surface area contributed by atoms with Crippen LogP contribution in [0.2, 0.25) is 0 Å². The van der Waals surface area contributed by atoms with Gasteiger partial charge in [0.25, 0.3) is 0 Å². The minimum absolute atomic E-state index is 0.251. The molecule has 90 valence electrons. The zero-order chi connectivity index (χ0) is 12.3. The lowest BCUT2D eigenvalue weighted by Crippen LogP contribution is -2.14. The van der Waals surface area contributed by atoms with Crippen molar-refractivity contribution in [3.63, 3.8) is 0 Å². The standard InChI is InChI=1S/C11H12BrFN4/c1-14-5-11-15-7-16-17(11)6-8-4-9(13)2-3-10(8)12/h2-4,7,14H,5-6H2,1H3. The highest BCUT2D eigenvalue weighted by Gasteiger charge is 2.07. The summed E-state index contributed by atoms with van der Waals surface area (Å²) in [4.78, 5) is 4.13. The van der Waals surface area contributed by atoms with E-state index in [0.717, 1.165) is 15.9 Å². The number of hydrogen-bond donors (Lipinski definition) is 1. The van der Waals surface area contributed by atoms with Gasteiger partial charge in [0.15, 0.2) is 0 Å². The average molecular weight is 299 g/mol. The Bertz CT molecular complexity index is 512. The first-order valence-corrected chi connectivity index (χ1v) is 5.95. The van der Waals surface area contributed by atoms with Gasteiger partial charge >= 0.3 is 0 Å². The third kappa shape index (κ3) is 2.89. The summed E-state index contributed by atoms with van der Waals surface area (Å²) in [5, 5.41) is 7.14. The van der Waals surface area contributed by atoms with Gasteiger partial charge in [-0.3, -0.25) is 0 Å². The summed E-state index contributed by atoms with van der Waals surface area (Å²) in [5.41, 5.74) is 0.841. The Hall–Kier alpha value is -1.27. The van der Waals surface area contributed by atoms with E-state index in [0.29, 0.717) is 13.1 Å². The van der Waals surface area contributed by atoms with E-state index in [1.807, 2.05) is 7.05 Å². The molecule has 17 heavy (non-hydrogen) atoms. The van der Waals surface area contributed by atoms with Gasteiger partial charge in [0.1, 0.15) is 18.0 Å². The number of hydrogen-bond acceptors (Lipinski definition) is 3. The van der Waals surface area contributed by atoms with Crippen molar-refractivity contribution in [1.82, 2.24) is 20.1 Å². The fraction of sp³-hybridized carbons (Fsp3) is 0.273. The van der Waals surface area contributed by atoms with Crippen LogP contribution < -0.4 is 5.32 Å². The van der Waals surface area contributed by atoms with E-state index >= 15 is 0 Å². The summed E-state index contributed by atoms with van der Waals surface area (Å²) in [6.07, 6.45) is 1.50. The van der Waals surface area contributed by atoms with Crippen molar-refractivity contribution in [1.29, 1.82) is 0 Å². The molecule has 0 saturated heterocycles. The predicted octanol–water partition coefficient (Wildman–Crippen LogP) is 1.95. The maximum atomic E-state index is 13.1. The van der Waals surface area contributed by atoms with Crippen molar-refractivity contribution in [2.24, 2.45) is 0 Å². The largest absolute Gasteiger partial charge is 0.313 e. The van der Waals surface area contributed by atoms with E-state index < -0.39 is 0 Å². The van der Waals surface area contributed by atoms with Gasteiger partial charge in [-0.05, 0) is 30.8 Å². The van der Waals surface area contributed by atoms with E-state index in [1.165, 1.54) is 18.5 Å². The van der Waals surface area contributed by atoms with Gasteiger partial charge in [0.2, 0.25) is 0 Å². The Kier molecular flexibility index (Phi) is 3.86. The zero-order valence-corrected chi connectivity index (χ0v) is 10.9. The van der Waals surface area contributed by atoms with Crippen LogP contribution in [0, 0.1) is 5.82 Å². The predicted molar refractivity (Wildman–Crippen MR) is 66.0 cm³/mol. The SMILES string of the molecule is CNCc1ncnn1Cc1cc(F)ccc1Br. The van der Waals surface area contributed by atoms with Crippen molar-refractivity contribution in [2.45, 2.75) is 13.1 Å². The highest BCUT2D eigenvalue weighted by Crippen LogP contribution is 2.18. The molecule has 0 spiro atoms. The first-order valence-electron chi connectivity index (χ1n) is 5.16. The van der Waals surface area contributed by atoms with Gasteiger partial charge in [-0.2, -0.15) is 5.10 Å². The second-order valence-electron chi connectivity index (χ2n) is 3.60. The van der Waals surface area contributed by atoms with Gasteiger partial charge in [-0.1, -0.05) is 15.9 Å². The first kappa shape index (κ1) is 12.2. The molecule has 0 radical (unpaired) electrons. The minimum Gasteiger partial charge on any atom is -0.313 e. The van der Waals surface area contributed by atoms with E-state index in [-0.39, 0.29) is 5.82 Å². The fourth-order valence-corrected chi connectivity index (χ4v) is 1.91. The van der Waals surface area contributed by atoms with Crippen LogP contribution >= 0.6 is 15.9 Å². The fourth-order valence-electron chi connectivity index (χ4n) is 1.54. The topological polar surface area (TPSA) is 42.7 Å². The Morgan fingerprint density at radius 3 is 3.06 bits per heavy atom. The van der Waals surface area contributed by atoms with Crippen LogP contribution in [0.25, 0.3) is 0 Å². The smallest absolute Gasteiger partial charge is 0.141 e. The molecule has 1 aromatic carbocycles. The number of halogens is 2. The number of nitrogens with zero attached hydrogens (tertiary/aromatic N) is 3. The van der Waals surface area contributed by atoms with Gasteiger partial charge in [0, 0.05) is 4.47 Å². The Morgan fingerprint density at radius 2 is 2.29 bits per heavy atom. The molecule has 0 atom stereocenters. The summed E-state index contributed by atoms with van der Waals surface area (Å²) in [6.45, 7) is 1.13. The highest BCUT2D eigenvalue weighted by atomic mass is 79.9. The van der Waals surface area contributed by atoms with Crippen molar-refractivity contribution in [2.75, 3.05) is 7.05 Å². The van der Waals surface area contributed by atoms with Gasteiger partial charge in [0.05, 0.1) is 13.1 Å². The van der Waals surface area contributed by atoms with Crippen LogP contribution in [0.15, 0.2) is 29.0 Å².